The number of halogens is 1. The number of aromatic nitrogens is 1. The summed E-state index contributed by atoms with van der Waals surface area (Å²) < 4.78 is 26.7. The van der Waals surface area contributed by atoms with Gasteiger partial charge in [0, 0.05) is 19.7 Å². The zero-order valence-corrected chi connectivity index (χ0v) is 18.6. The van der Waals surface area contributed by atoms with Crippen LogP contribution in [0.15, 0.2) is 48.5 Å². The molecule has 3 heterocycles. The maximum absolute atomic E-state index is 13.4. The highest BCUT2D eigenvalue weighted by molar-refractivity contribution is 7.22. The van der Waals surface area contributed by atoms with Crippen LogP contribution < -0.4 is 5.32 Å². The molecule has 1 spiro atoms. The number of hydrogen-bond donors (Lipinski definition) is 1. The number of carbonyl (C=O) groups excluding carboxylic acids is 1. The van der Waals surface area contributed by atoms with E-state index in [2.05, 4.69) is 27.3 Å². The number of ether oxygens (including phenoxy) is 2. The van der Waals surface area contributed by atoms with Crippen molar-refractivity contribution in [1.29, 1.82) is 0 Å². The van der Waals surface area contributed by atoms with Crippen LogP contribution in [0.25, 0.3) is 10.2 Å². The zero-order chi connectivity index (χ0) is 22.0. The van der Waals surface area contributed by atoms with E-state index in [1.54, 1.807) is 6.07 Å². The maximum atomic E-state index is 13.4. The molecule has 1 N–H and O–H groups in total. The second-order valence-electron chi connectivity index (χ2n) is 8.47. The number of nitrogens with zero attached hydrogens (tertiary/aromatic N) is 2. The van der Waals surface area contributed by atoms with Crippen LogP contribution in [0.3, 0.4) is 0 Å². The van der Waals surface area contributed by atoms with Crippen LogP contribution in [0, 0.1) is 5.82 Å². The monoisotopic (exact) mass is 455 g/mol. The topological polar surface area (TPSA) is 63.7 Å². The minimum Gasteiger partial charge on any atom is -0.372 e. The minimum atomic E-state index is -0.308. The highest BCUT2D eigenvalue weighted by Crippen LogP contribution is 2.38. The van der Waals surface area contributed by atoms with Crippen LogP contribution in [0.1, 0.15) is 24.8 Å². The first-order valence-electron chi connectivity index (χ1n) is 11.0. The van der Waals surface area contributed by atoms with Gasteiger partial charge in [0.1, 0.15) is 5.82 Å². The molecule has 32 heavy (non-hydrogen) atoms. The van der Waals surface area contributed by atoms with Crippen molar-refractivity contribution >= 4 is 32.6 Å². The highest BCUT2D eigenvalue weighted by Gasteiger charge is 2.47. The Kier molecular flexibility index (Phi) is 6.19. The second-order valence-corrected chi connectivity index (χ2v) is 9.50. The standard InChI is InChI=1S/C24H26FN3O3S/c25-18-7-8-19-20(13-18)32-23(26-19)27-22(29)15-28-11-10-24(9-4-12-31-24)21(14-28)30-16-17-5-2-1-3-6-17/h1-3,5-8,13,21H,4,9-12,14-16H2,(H,26,27,29)/t21-,24+/m0/s1. The molecular formula is C24H26FN3O3S. The summed E-state index contributed by atoms with van der Waals surface area (Å²) in [6.07, 6.45) is 2.80. The molecule has 0 saturated carbocycles. The number of thiazole rings is 1. The third-order valence-corrected chi connectivity index (χ3v) is 7.19. The predicted octanol–water partition coefficient (Wildman–Crippen LogP) is 4.21. The molecule has 2 atom stereocenters. The number of carbonyl (C=O) groups is 1. The van der Waals surface area contributed by atoms with Gasteiger partial charge in [0.25, 0.3) is 0 Å². The normalized spacial score (nSPS) is 23.7. The number of likely N-dealkylation sites (tertiary alicyclic amines) is 1. The second kappa shape index (κ2) is 9.23. The number of piperidine rings is 1. The first kappa shape index (κ1) is 21.5. The molecule has 168 valence electrons. The smallest absolute Gasteiger partial charge is 0.240 e. The van der Waals surface area contributed by atoms with E-state index >= 15 is 0 Å². The van der Waals surface area contributed by atoms with Crippen molar-refractivity contribution in [3.05, 3.63) is 59.9 Å². The zero-order valence-electron chi connectivity index (χ0n) is 17.8. The molecule has 1 amide bonds. The fourth-order valence-corrected chi connectivity index (χ4v) is 5.51. The lowest BCUT2D eigenvalue weighted by atomic mass is 9.85. The molecule has 0 bridgehead atoms. The lowest BCUT2D eigenvalue weighted by molar-refractivity contribution is -0.159. The average Bonchev–Trinajstić information content (AvgIpc) is 3.41. The third kappa shape index (κ3) is 4.68. The van der Waals surface area contributed by atoms with E-state index < -0.39 is 0 Å². The van der Waals surface area contributed by atoms with Crippen molar-refractivity contribution in [2.75, 3.05) is 31.6 Å². The third-order valence-electron chi connectivity index (χ3n) is 6.25. The van der Waals surface area contributed by atoms with Gasteiger partial charge in [-0.05, 0) is 43.0 Å². The molecule has 2 fully saturated rings. The van der Waals surface area contributed by atoms with Crippen LogP contribution in [-0.4, -0.2) is 53.7 Å². The number of hydrogen-bond acceptors (Lipinski definition) is 6. The molecule has 0 radical (unpaired) electrons. The van der Waals surface area contributed by atoms with Gasteiger partial charge in [0.15, 0.2) is 5.13 Å². The summed E-state index contributed by atoms with van der Waals surface area (Å²) in [6, 6.07) is 14.6. The Bertz CT molecular complexity index is 1080. The molecule has 2 aliphatic heterocycles. The SMILES string of the molecule is O=C(CN1CC[C@]2(CCCO2)[C@@H](OCc2ccccc2)C1)Nc1nc2ccc(F)cc2s1. The summed E-state index contributed by atoms with van der Waals surface area (Å²) >= 11 is 1.28. The van der Waals surface area contributed by atoms with Gasteiger partial charge >= 0.3 is 0 Å². The number of benzene rings is 2. The van der Waals surface area contributed by atoms with E-state index in [1.165, 1.54) is 23.5 Å². The van der Waals surface area contributed by atoms with Crippen LogP contribution in [0.2, 0.25) is 0 Å². The maximum Gasteiger partial charge on any atom is 0.240 e. The highest BCUT2D eigenvalue weighted by atomic mass is 32.1. The number of amides is 1. The number of anilines is 1. The van der Waals surface area contributed by atoms with Crippen LogP contribution >= 0.6 is 11.3 Å². The van der Waals surface area contributed by atoms with Gasteiger partial charge in [0.2, 0.25) is 5.91 Å². The van der Waals surface area contributed by atoms with E-state index in [-0.39, 0.29) is 30.0 Å². The molecule has 5 rings (SSSR count). The number of fused-ring (bicyclic) bond motifs is 1. The van der Waals surface area contributed by atoms with Gasteiger partial charge in [-0.1, -0.05) is 41.7 Å². The molecular weight excluding hydrogens is 429 g/mol. The first-order valence-corrected chi connectivity index (χ1v) is 11.8. The van der Waals surface area contributed by atoms with Crippen LogP contribution in [0.5, 0.6) is 0 Å². The predicted molar refractivity (Wildman–Crippen MR) is 122 cm³/mol. The molecule has 2 aromatic carbocycles. The van der Waals surface area contributed by atoms with Crippen molar-refractivity contribution in [2.45, 2.75) is 37.6 Å². The molecule has 3 aromatic rings. The summed E-state index contributed by atoms with van der Waals surface area (Å²) in [5, 5.41) is 3.35. The summed E-state index contributed by atoms with van der Waals surface area (Å²) in [5.41, 5.74) is 1.56. The van der Waals surface area contributed by atoms with E-state index in [9.17, 15) is 9.18 Å². The molecule has 2 aliphatic rings. The Morgan fingerprint density at radius 2 is 2.16 bits per heavy atom. The Morgan fingerprint density at radius 1 is 1.28 bits per heavy atom. The Hall–Kier alpha value is -2.39. The molecule has 8 heteroatoms. The van der Waals surface area contributed by atoms with E-state index in [1.807, 2.05) is 18.2 Å². The fourth-order valence-electron chi connectivity index (χ4n) is 4.60. The lowest BCUT2D eigenvalue weighted by Gasteiger charge is -2.44. The van der Waals surface area contributed by atoms with Crippen molar-refractivity contribution in [3.8, 4) is 0 Å². The number of nitrogens with one attached hydrogen (secondary N) is 1. The van der Waals surface area contributed by atoms with Gasteiger partial charge in [-0.25, -0.2) is 9.37 Å². The van der Waals surface area contributed by atoms with Crippen LogP contribution in [-0.2, 0) is 20.9 Å². The summed E-state index contributed by atoms with van der Waals surface area (Å²) in [5.74, 6) is -0.438. The summed E-state index contributed by atoms with van der Waals surface area (Å²) in [4.78, 5) is 19.2. The summed E-state index contributed by atoms with van der Waals surface area (Å²) in [7, 11) is 0. The molecule has 0 unspecified atom stereocenters. The van der Waals surface area contributed by atoms with Gasteiger partial charge in [-0.2, -0.15) is 0 Å². The quantitative estimate of drug-likeness (QED) is 0.603. The van der Waals surface area contributed by atoms with E-state index in [4.69, 9.17) is 9.47 Å². The van der Waals surface area contributed by atoms with Crippen molar-refractivity contribution in [2.24, 2.45) is 0 Å². The minimum absolute atomic E-state index is 0.0859. The van der Waals surface area contributed by atoms with Gasteiger partial charge in [-0.3, -0.25) is 9.69 Å². The average molecular weight is 456 g/mol. The molecule has 1 aromatic heterocycles. The van der Waals surface area contributed by atoms with Crippen LogP contribution in [0.4, 0.5) is 9.52 Å². The van der Waals surface area contributed by atoms with Crippen molar-refractivity contribution in [3.63, 3.8) is 0 Å². The van der Waals surface area contributed by atoms with E-state index in [0.717, 1.165) is 38.0 Å². The van der Waals surface area contributed by atoms with Gasteiger partial charge < -0.3 is 14.8 Å². The molecule has 6 nitrogen and oxygen atoms in total. The summed E-state index contributed by atoms with van der Waals surface area (Å²) in [6.45, 7) is 2.98. The van der Waals surface area contributed by atoms with Crippen molar-refractivity contribution in [1.82, 2.24) is 9.88 Å². The van der Waals surface area contributed by atoms with E-state index in [0.29, 0.717) is 28.5 Å². The first-order chi connectivity index (χ1) is 15.6. The number of rotatable bonds is 6. The Morgan fingerprint density at radius 3 is 2.97 bits per heavy atom. The Labute approximate surface area is 190 Å². The largest absolute Gasteiger partial charge is 0.372 e. The lowest BCUT2D eigenvalue weighted by Crippen LogP contribution is -2.57. The van der Waals surface area contributed by atoms with Crippen molar-refractivity contribution < 1.29 is 18.7 Å². The molecule has 0 aliphatic carbocycles. The van der Waals surface area contributed by atoms with Gasteiger partial charge in [0.05, 0.1) is 35.1 Å². The molecule has 2 saturated heterocycles. The van der Waals surface area contributed by atoms with Gasteiger partial charge in [-0.15, -0.1) is 0 Å². The Balaban J connectivity index is 1.22. The fraction of sp³-hybridized carbons (Fsp3) is 0.417.